The summed E-state index contributed by atoms with van der Waals surface area (Å²) in [5, 5.41) is 31.0. The van der Waals surface area contributed by atoms with Crippen LogP contribution in [0, 0.1) is 10.1 Å². The van der Waals surface area contributed by atoms with E-state index >= 15 is 0 Å². The first kappa shape index (κ1) is 15.5. The van der Waals surface area contributed by atoms with E-state index in [1.807, 2.05) is 0 Å². The van der Waals surface area contributed by atoms with E-state index in [0.717, 1.165) is 12.1 Å². The number of hydrogen-bond acceptors (Lipinski definition) is 5. The highest BCUT2D eigenvalue weighted by atomic mass is 16.6. The molecule has 0 spiro atoms. The van der Waals surface area contributed by atoms with Crippen LogP contribution in [0.25, 0.3) is 0 Å². The molecule has 0 aliphatic rings. The molecule has 0 bridgehead atoms. The zero-order valence-electron chi connectivity index (χ0n) is 11.6. The minimum absolute atomic E-state index is 0.0337. The summed E-state index contributed by atoms with van der Waals surface area (Å²) >= 11 is 0. The number of nitro groups is 1. The topological polar surface area (TPSA) is 110 Å². The summed E-state index contributed by atoms with van der Waals surface area (Å²) in [7, 11) is 1.23. The summed E-state index contributed by atoms with van der Waals surface area (Å²) in [6.45, 7) is 0. The fourth-order valence-corrected chi connectivity index (χ4v) is 2.15. The van der Waals surface area contributed by atoms with Gasteiger partial charge in [-0.15, -0.1) is 0 Å². The van der Waals surface area contributed by atoms with Crippen LogP contribution in [0.15, 0.2) is 48.5 Å². The van der Waals surface area contributed by atoms with Gasteiger partial charge in [0.1, 0.15) is 0 Å². The molecule has 0 aliphatic heterocycles. The molecule has 0 heterocycles. The molecule has 7 nitrogen and oxygen atoms in total. The first-order chi connectivity index (χ1) is 10.4. The molecule has 1 unspecified atom stereocenters. The van der Waals surface area contributed by atoms with Crippen molar-refractivity contribution < 1.29 is 24.7 Å². The lowest BCUT2D eigenvalue weighted by molar-refractivity contribution is -0.385. The molecular weight excluding hydrogens is 290 g/mol. The molecular formula is C15H13NO6. The van der Waals surface area contributed by atoms with Gasteiger partial charge in [-0.05, 0) is 17.7 Å². The van der Waals surface area contributed by atoms with Crippen molar-refractivity contribution in [2.24, 2.45) is 0 Å². The number of carbonyl (C=O) groups is 1. The van der Waals surface area contributed by atoms with Gasteiger partial charge in [-0.1, -0.05) is 30.3 Å². The summed E-state index contributed by atoms with van der Waals surface area (Å²) in [6, 6.07) is 11.2. The Morgan fingerprint density at radius 1 is 1.18 bits per heavy atom. The molecule has 2 aromatic rings. The van der Waals surface area contributed by atoms with Gasteiger partial charge in [-0.25, -0.2) is 4.79 Å². The van der Waals surface area contributed by atoms with Gasteiger partial charge >= 0.3 is 11.7 Å². The molecule has 0 saturated carbocycles. The lowest BCUT2D eigenvalue weighted by Crippen LogP contribution is -2.36. The van der Waals surface area contributed by atoms with Gasteiger partial charge in [-0.2, -0.15) is 0 Å². The van der Waals surface area contributed by atoms with E-state index < -0.39 is 16.5 Å². The standard InChI is InChI=1S/C15H13NO6/c1-22-13-9-11(7-8-12(13)16(20)21)15(19,14(17)18)10-5-3-2-4-6-10/h2-9,19H,1H3,(H,17,18). The number of aliphatic hydroxyl groups is 1. The molecule has 2 aromatic carbocycles. The number of nitrogens with zero attached hydrogens (tertiary/aromatic N) is 1. The third-order valence-corrected chi connectivity index (χ3v) is 3.30. The van der Waals surface area contributed by atoms with E-state index in [1.165, 1.54) is 25.3 Å². The number of methoxy groups -OCH3 is 1. The first-order valence-electron chi connectivity index (χ1n) is 6.25. The quantitative estimate of drug-likeness (QED) is 0.645. The maximum atomic E-state index is 11.6. The van der Waals surface area contributed by atoms with Gasteiger partial charge in [0, 0.05) is 11.6 Å². The predicted octanol–water partition coefficient (Wildman–Crippen LogP) is 1.92. The number of carboxylic acids is 1. The molecule has 0 fully saturated rings. The zero-order chi connectivity index (χ0) is 16.3. The monoisotopic (exact) mass is 303 g/mol. The van der Waals surface area contributed by atoms with Crippen LogP contribution in [-0.2, 0) is 10.4 Å². The zero-order valence-corrected chi connectivity index (χ0v) is 11.6. The van der Waals surface area contributed by atoms with Gasteiger partial charge in [0.2, 0.25) is 5.60 Å². The number of benzene rings is 2. The van der Waals surface area contributed by atoms with E-state index in [9.17, 15) is 25.1 Å². The van der Waals surface area contributed by atoms with Crippen LogP contribution in [0.1, 0.15) is 11.1 Å². The Kier molecular flexibility index (Phi) is 4.09. The summed E-state index contributed by atoms with van der Waals surface area (Å²) in [5.41, 5.74) is -2.54. The van der Waals surface area contributed by atoms with Gasteiger partial charge in [0.15, 0.2) is 5.75 Å². The number of ether oxygens (including phenoxy) is 1. The Morgan fingerprint density at radius 3 is 2.32 bits per heavy atom. The van der Waals surface area contributed by atoms with Crippen LogP contribution in [0.5, 0.6) is 5.75 Å². The largest absolute Gasteiger partial charge is 0.490 e. The SMILES string of the molecule is COc1cc(C(O)(C(=O)O)c2ccccc2)ccc1[N+](=O)[O-]. The normalized spacial score (nSPS) is 13.2. The van der Waals surface area contributed by atoms with Crippen LogP contribution >= 0.6 is 0 Å². The van der Waals surface area contributed by atoms with Crippen molar-refractivity contribution in [3.05, 3.63) is 69.8 Å². The Hall–Kier alpha value is -2.93. The van der Waals surface area contributed by atoms with Crippen molar-refractivity contribution in [2.45, 2.75) is 5.60 Å². The maximum absolute atomic E-state index is 11.6. The number of hydrogen-bond donors (Lipinski definition) is 2. The van der Waals surface area contributed by atoms with Crippen LogP contribution < -0.4 is 4.74 Å². The van der Waals surface area contributed by atoms with E-state index in [1.54, 1.807) is 18.2 Å². The fourth-order valence-electron chi connectivity index (χ4n) is 2.15. The highest BCUT2D eigenvalue weighted by Crippen LogP contribution is 2.35. The predicted molar refractivity (Wildman–Crippen MR) is 76.7 cm³/mol. The second kappa shape index (κ2) is 5.82. The van der Waals surface area contributed by atoms with Crippen molar-refractivity contribution in [1.82, 2.24) is 0 Å². The molecule has 114 valence electrons. The van der Waals surface area contributed by atoms with Crippen LogP contribution in [0.2, 0.25) is 0 Å². The Labute approximate surface area is 125 Å². The van der Waals surface area contributed by atoms with Crippen LogP contribution in [0.4, 0.5) is 5.69 Å². The van der Waals surface area contributed by atoms with Crippen molar-refractivity contribution in [3.63, 3.8) is 0 Å². The number of aliphatic carboxylic acids is 1. The van der Waals surface area contributed by atoms with E-state index in [2.05, 4.69) is 0 Å². The van der Waals surface area contributed by atoms with Gasteiger partial charge in [0.05, 0.1) is 12.0 Å². The van der Waals surface area contributed by atoms with Gasteiger partial charge < -0.3 is 14.9 Å². The average molecular weight is 303 g/mol. The van der Waals surface area contributed by atoms with Gasteiger partial charge in [-0.3, -0.25) is 10.1 Å². The van der Waals surface area contributed by atoms with E-state index in [-0.39, 0.29) is 22.6 Å². The molecule has 0 saturated heterocycles. The molecule has 2 N–H and O–H groups in total. The Bertz CT molecular complexity index is 715. The Balaban J connectivity index is 2.65. The van der Waals surface area contributed by atoms with E-state index in [0.29, 0.717) is 0 Å². The minimum atomic E-state index is -2.33. The summed E-state index contributed by atoms with van der Waals surface area (Å²) < 4.78 is 4.91. The van der Waals surface area contributed by atoms with Crippen molar-refractivity contribution in [2.75, 3.05) is 7.11 Å². The second-order valence-corrected chi connectivity index (χ2v) is 4.53. The maximum Gasteiger partial charge on any atom is 0.345 e. The number of rotatable bonds is 5. The molecule has 2 rings (SSSR count). The second-order valence-electron chi connectivity index (χ2n) is 4.53. The third-order valence-electron chi connectivity index (χ3n) is 3.30. The van der Waals surface area contributed by atoms with Crippen molar-refractivity contribution in [1.29, 1.82) is 0 Å². The fraction of sp³-hybridized carbons (Fsp3) is 0.133. The molecule has 1 atom stereocenters. The Morgan fingerprint density at radius 2 is 1.82 bits per heavy atom. The molecule has 0 aromatic heterocycles. The van der Waals surface area contributed by atoms with E-state index in [4.69, 9.17) is 4.74 Å². The lowest BCUT2D eigenvalue weighted by atomic mass is 9.86. The van der Waals surface area contributed by atoms with Gasteiger partial charge in [0.25, 0.3) is 0 Å². The molecule has 22 heavy (non-hydrogen) atoms. The smallest absolute Gasteiger partial charge is 0.345 e. The molecule has 0 aliphatic carbocycles. The highest BCUT2D eigenvalue weighted by molar-refractivity contribution is 5.84. The van der Waals surface area contributed by atoms with Crippen molar-refractivity contribution >= 4 is 11.7 Å². The summed E-state index contributed by atoms with van der Waals surface area (Å²) in [5.74, 6) is -1.62. The number of carboxylic acid groups (broad SMARTS) is 1. The van der Waals surface area contributed by atoms with Crippen LogP contribution in [0.3, 0.4) is 0 Å². The summed E-state index contributed by atoms with van der Waals surface area (Å²) in [4.78, 5) is 21.9. The average Bonchev–Trinajstić information content (AvgIpc) is 2.53. The molecule has 7 heteroatoms. The minimum Gasteiger partial charge on any atom is -0.490 e. The number of nitro benzene ring substituents is 1. The first-order valence-corrected chi connectivity index (χ1v) is 6.25. The molecule has 0 radical (unpaired) electrons. The third kappa shape index (κ3) is 2.49. The summed E-state index contributed by atoms with van der Waals surface area (Å²) in [6.07, 6.45) is 0. The molecule has 0 amide bonds. The lowest BCUT2D eigenvalue weighted by Gasteiger charge is -2.24. The van der Waals surface area contributed by atoms with Crippen LogP contribution in [-0.4, -0.2) is 28.2 Å². The van der Waals surface area contributed by atoms with Crippen molar-refractivity contribution in [3.8, 4) is 5.75 Å². The highest BCUT2D eigenvalue weighted by Gasteiger charge is 2.41.